The third-order valence-corrected chi connectivity index (χ3v) is 12.3. The van der Waals surface area contributed by atoms with E-state index < -0.39 is 113 Å². The van der Waals surface area contributed by atoms with E-state index in [2.05, 4.69) is 62.5 Å². The lowest BCUT2D eigenvalue weighted by Gasteiger charge is -2.30. The molecule has 0 aliphatic carbocycles. The average molecular weight is 1080 g/mol. The zero-order chi connectivity index (χ0) is 57.5. The second kappa shape index (κ2) is 36.0. The maximum atomic E-state index is 14.4. The van der Waals surface area contributed by atoms with Crippen molar-refractivity contribution in [2.24, 2.45) is 56.4 Å². The Morgan fingerprint density at radius 3 is 1.50 bits per heavy atom. The van der Waals surface area contributed by atoms with Crippen LogP contribution in [0.3, 0.4) is 0 Å². The SMILES string of the molecule is CCCC[C@H](NC(=O)[C@H](CCCN=C(N)N)NC(=O)[C@H](Cc1cnc[nH]1)NC(=O)C(NC(=O)[C@H](CCCCN)NC(C)=O)C(C)CC)C(=O)N[C@H](C(=O)N[C@@H](CC(C)C)C(=O)N[C@@H](CCCN=C(N)N)C(=O)O)C(C)C. The second-order valence-electron chi connectivity index (χ2n) is 19.7. The minimum Gasteiger partial charge on any atom is -0.480 e. The lowest BCUT2D eigenvalue weighted by molar-refractivity contribution is -0.142. The number of aliphatic carboxylic acids is 1. The quantitative estimate of drug-likeness (QED) is 0.0196. The molecule has 1 aromatic heterocycles. The van der Waals surface area contributed by atoms with Gasteiger partial charge in [0.1, 0.15) is 48.3 Å². The van der Waals surface area contributed by atoms with Gasteiger partial charge in [-0.15, -0.1) is 0 Å². The fraction of sp³-hybridized carbons (Fsp3) is 0.714. The Morgan fingerprint density at radius 1 is 0.579 bits per heavy atom. The number of imidazole rings is 1. The number of carbonyl (C=O) groups excluding carboxylic acids is 8. The number of rotatable bonds is 38. The van der Waals surface area contributed by atoms with E-state index in [0.29, 0.717) is 44.3 Å². The van der Waals surface area contributed by atoms with Crippen molar-refractivity contribution in [3.8, 4) is 0 Å². The van der Waals surface area contributed by atoms with Gasteiger partial charge in [-0.3, -0.25) is 48.3 Å². The van der Waals surface area contributed by atoms with Crippen LogP contribution in [0.15, 0.2) is 22.5 Å². The monoisotopic (exact) mass is 1080 g/mol. The summed E-state index contributed by atoms with van der Waals surface area (Å²) in [5, 5.41) is 31.4. The number of amides is 8. The standard InChI is InChI=1S/C49H89N17O10/c1-9-11-16-33(42(70)65-38(28(5)6)45(73)63-36(23-27(3)4)43(71)62-35(47(75)76)19-15-22-57-49(53)54)60-40(68)34(18-14-21-56-48(51)52)61-44(72)37(24-31-25-55-26-58-31)64-46(74)39(29(7)10-2)66-41(69)32(59-30(8)67)17-12-13-20-50/h25-29,32-39H,9-24,50H2,1-8H3,(H,55,58)(H,59,67)(H,60,68)(H,61,72)(H,62,71)(H,63,73)(H,64,74)(H,65,70)(H,66,69)(H,75,76)(H4,51,52,56)(H4,53,54,57)/t29?,32-,33-,34-,35-,36-,37-,38-,39?/m0/s1. The Morgan fingerprint density at radius 2 is 1.03 bits per heavy atom. The highest BCUT2D eigenvalue weighted by molar-refractivity contribution is 5.98. The van der Waals surface area contributed by atoms with Gasteiger partial charge in [-0.1, -0.05) is 67.7 Å². The molecule has 1 heterocycles. The van der Waals surface area contributed by atoms with Gasteiger partial charge >= 0.3 is 5.97 Å². The van der Waals surface area contributed by atoms with Gasteiger partial charge in [0.2, 0.25) is 47.3 Å². The van der Waals surface area contributed by atoms with Crippen LogP contribution in [-0.2, 0) is 49.6 Å². The highest BCUT2D eigenvalue weighted by Crippen LogP contribution is 2.14. The minimum absolute atomic E-state index is 0.00128. The number of nitrogens with zero attached hydrogens (tertiary/aromatic N) is 3. The number of nitrogens with two attached hydrogens (primary N) is 5. The summed E-state index contributed by atoms with van der Waals surface area (Å²) in [6.45, 7) is 14.3. The molecule has 0 aliphatic heterocycles. The van der Waals surface area contributed by atoms with Crippen molar-refractivity contribution in [3.05, 3.63) is 18.2 Å². The molecule has 0 radical (unpaired) electrons. The third kappa shape index (κ3) is 26.4. The summed E-state index contributed by atoms with van der Waals surface area (Å²) < 4.78 is 0. The second-order valence-corrected chi connectivity index (χ2v) is 19.7. The van der Waals surface area contributed by atoms with Crippen LogP contribution in [-0.4, -0.2) is 148 Å². The van der Waals surface area contributed by atoms with Crippen LogP contribution >= 0.6 is 0 Å². The van der Waals surface area contributed by atoms with Gasteiger partial charge in [-0.2, -0.15) is 0 Å². The third-order valence-electron chi connectivity index (χ3n) is 12.3. The number of carboxylic acid groups (broad SMARTS) is 1. The zero-order valence-corrected chi connectivity index (χ0v) is 45.7. The van der Waals surface area contributed by atoms with Crippen LogP contribution in [0.5, 0.6) is 0 Å². The van der Waals surface area contributed by atoms with E-state index in [1.54, 1.807) is 20.8 Å². The van der Waals surface area contributed by atoms with Crippen molar-refractivity contribution in [2.75, 3.05) is 19.6 Å². The van der Waals surface area contributed by atoms with Crippen molar-refractivity contribution < 1.29 is 48.3 Å². The van der Waals surface area contributed by atoms with Crippen molar-refractivity contribution >= 4 is 65.1 Å². The number of carbonyl (C=O) groups is 9. The number of guanidine groups is 2. The molecule has 9 atom stereocenters. The molecule has 0 aliphatic rings. The maximum Gasteiger partial charge on any atom is 0.326 e. The van der Waals surface area contributed by atoms with E-state index in [-0.39, 0.29) is 82.3 Å². The number of aromatic nitrogens is 2. The first-order chi connectivity index (χ1) is 35.8. The van der Waals surface area contributed by atoms with Crippen molar-refractivity contribution in [3.63, 3.8) is 0 Å². The molecule has 8 amide bonds. The first kappa shape index (κ1) is 67.0. The minimum atomic E-state index is -1.35. The number of carboxylic acids is 1. The molecule has 0 spiro atoms. The highest BCUT2D eigenvalue weighted by Gasteiger charge is 2.36. The number of unbranched alkanes of at least 4 members (excludes halogenated alkanes) is 2. The van der Waals surface area contributed by atoms with Crippen molar-refractivity contribution in [1.82, 2.24) is 52.5 Å². The lowest BCUT2D eigenvalue weighted by Crippen LogP contribution is -2.61. The summed E-state index contributed by atoms with van der Waals surface area (Å²) >= 11 is 0. The van der Waals surface area contributed by atoms with Gasteiger partial charge in [0, 0.05) is 38.3 Å². The molecule has 1 rings (SSSR count). The lowest BCUT2D eigenvalue weighted by atomic mass is 9.96. The Kier molecular flexibility index (Phi) is 31.7. The Hall–Kier alpha value is -7.06. The maximum absolute atomic E-state index is 14.4. The number of aliphatic imine (C=N–C) groups is 2. The van der Waals surface area contributed by atoms with E-state index in [0.717, 1.165) is 0 Å². The molecule has 27 nitrogen and oxygen atoms in total. The van der Waals surface area contributed by atoms with Gasteiger partial charge in [-0.25, -0.2) is 9.78 Å². The van der Waals surface area contributed by atoms with E-state index in [1.165, 1.54) is 19.4 Å². The topological polar surface area (TPSA) is 454 Å². The largest absolute Gasteiger partial charge is 0.480 e. The predicted molar refractivity (Wildman–Crippen MR) is 287 cm³/mol. The Bertz CT molecular complexity index is 2060. The molecule has 27 heteroatoms. The average Bonchev–Trinajstić information content (AvgIpc) is 3.86. The first-order valence-electron chi connectivity index (χ1n) is 26.3. The molecule has 1 aromatic rings. The highest BCUT2D eigenvalue weighted by atomic mass is 16.4. The summed E-state index contributed by atoms with van der Waals surface area (Å²) in [6.07, 6.45) is 6.24. The molecule has 0 saturated heterocycles. The summed E-state index contributed by atoms with van der Waals surface area (Å²) in [5.74, 6) is -8.34. The van der Waals surface area contributed by atoms with Crippen molar-refractivity contribution in [2.45, 2.75) is 187 Å². The number of aromatic amines is 1. The molecule has 0 fully saturated rings. The summed E-state index contributed by atoms with van der Waals surface area (Å²) in [4.78, 5) is 137. The summed E-state index contributed by atoms with van der Waals surface area (Å²) in [7, 11) is 0. The van der Waals surface area contributed by atoms with Crippen LogP contribution in [0.2, 0.25) is 0 Å². The van der Waals surface area contributed by atoms with Crippen LogP contribution in [0, 0.1) is 17.8 Å². The molecule has 430 valence electrons. The molecule has 76 heavy (non-hydrogen) atoms. The molecule has 0 saturated carbocycles. The van der Waals surface area contributed by atoms with Crippen LogP contribution in [0.4, 0.5) is 0 Å². The molecule has 20 N–H and O–H groups in total. The van der Waals surface area contributed by atoms with E-state index in [1.807, 2.05) is 27.7 Å². The van der Waals surface area contributed by atoms with Gasteiger partial charge in [-0.05, 0) is 82.1 Å². The Labute approximate surface area is 446 Å². The molecule has 0 bridgehead atoms. The van der Waals surface area contributed by atoms with E-state index in [4.69, 9.17) is 28.7 Å². The van der Waals surface area contributed by atoms with Crippen LogP contribution in [0.25, 0.3) is 0 Å². The van der Waals surface area contributed by atoms with Gasteiger partial charge in [0.25, 0.3) is 0 Å². The summed E-state index contributed by atoms with van der Waals surface area (Å²) in [6, 6.07) is -9.77. The fourth-order valence-corrected chi connectivity index (χ4v) is 7.83. The predicted octanol–water partition coefficient (Wildman–Crippen LogP) is -1.89. The smallest absolute Gasteiger partial charge is 0.326 e. The number of hydrogen-bond donors (Lipinski definition) is 15. The van der Waals surface area contributed by atoms with Gasteiger partial charge in [0.15, 0.2) is 11.9 Å². The van der Waals surface area contributed by atoms with Gasteiger partial charge < -0.3 is 81.3 Å². The Balaban J connectivity index is 3.55. The molecule has 0 aromatic carbocycles. The molecule has 2 unspecified atom stereocenters. The number of H-pyrrole nitrogens is 1. The van der Waals surface area contributed by atoms with Gasteiger partial charge in [0.05, 0.1) is 6.33 Å². The van der Waals surface area contributed by atoms with E-state index >= 15 is 0 Å². The molecular weight excluding hydrogens is 987 g/mol. The van der Waals surface area contributed by atoms with Crippen LogP contribution in [0.1, 0.15) is 138 Å². The zero-order valence-electron chi connectivity index (χ0n) is 45.7. The fourth-order valence-electron chi connectivity index (χ4n) is 7.83. The van der Waals surface area contributed by atoms with E-state index in [9.17, 15) is 48.3 Å². The normalized spacial score (nSPS) is 14.7. The summed E-state index contributed by atoms with van der Waals surface area (Å²) in [5.41, 5.74) is 27.9. The van der Waals surface area contributed by atoms with Crippen LogP contribution < -0.4 is 71.2 Å². The number of hydrogen-bond acceptors (Lipinski definition) is 13. The first-order valence-corrected chi connectivity index (χ1v) is 26.3. The van der Waals surface area contributed by atoms with Crippen molar-refractivity contribution in [1.29, 1.82) is 0 Å². The molecular formula is C49H89N17O10. The number of nitrogens with one attached hydrogen (secondary N) is 9.